The summed E-state index contributed by atoms with van der Waals surface area (Å²) < 4.78 is 0. The molecule has 1 heteroatoms. The first-order valence-electron chi connectivity index (χ1n) is 4.33. The normalized spacial score (nSPS) is 17.0. The second-order valence-corrected chi connectivity index (χ2v) is 4.08. The van der Waals surface area contributed by atoms with Gasteiger partial charge in [-0.15, -0.1) is 0 Å². The monoisotopic (exact) mass is 176 g/mol. The summed E-state index contributed by atoms with van der Waals surface area (Å²) in [4.78, 5) is 1.33. The van der Waals surface area contributed by atoms with Crippen LogP contribution in [0.3, 0.4) is 0 Å². The van der Waals surface area contributed by atoms with Crippen LogP contribution >= 0.6 is 11.8 Å². The van der Waals surface area contributed by atoms with E-state index in [9.17, 15) is 0 Å². The molecule has 1 aromatic carbocycles. The van der Waals surface area contributed by atoms with Gasteiger partial charge in [0.05, 0.1) is 0 Å². The average Bonchev–Trinajstić information content (AvgIpc) is 2.90. The predicted octanol–water partition coefficient (Wildman–Crippen LogP) is 3.70. The molecule has 0 unspecified atom stereocenters. The van der Waals surface area contributed by atoms with E-state index in [4.69, 9.17) is 0 Å². The Balaban J connectivity index is 1.86. The van der Waals surface area contributed by atoms with Crippen molar-refractivity contribution in [3.8, 4) is 0 Å². The molecule has 0 heterocycles. The van der Waals surface area contributed by atoms with Crippen LogP contribution in [0.5, 0.6) is 0 Å². The summed E-state index contributed by atoms with van der Waals surface area (Å²) in [6, 6.07) is 10.5. The van der Waals surface area contributed by atoms with E-state index in [0.29, 0.717) is 0 Å². The molecule has 0 saturated heterocycles. The molecule has 1 aliphatic carbocycles. The Hall–Kier alpha value is -0.690. The SMILES string of the molecule is C(=C/C1CC1)/Sc1ccccc1. The highest BCUT2D eigenvalue weighted by Crippen LogP contribution is 2.31. The lowest BCUT2D eigenvalue weighted by Gasteiger charge is -1.92. The van der Waals surface area contributed by atoms with Gasteiger partial charge in [0.25, 0.3) is 0 Å². The highest BCUT2D eigenvalue weighted by atomic mass is 32.2. The Kier molecular flexibility index (Phi) is 2.52. The largest absolute Gasteiger partial charge is 0.0984 e. The number of allylic oxidation sites excluding steroid dienone is 1. The molecular formula is C11H12S. The number of hydrogen-bond acceptors (Lipinski definition) is 1. The van der Waals surface area contributed by atoms with Gasteiger partial charge in [0.1, 0.15) is 0 Å². The molecule has 12 heavy (non-hydrogen) atoms. The van der Waals surface area contributed by atoms with E-state index in [1.165, 1.54) is 17.7 Å². The Morgan fingerprint density at radius 2 is 1.92 bits per heavy atom. The lowest BCUT2D eigenvalue weighted by molar-refractivity contribution is 1.13. The molecule has 2 rings (SSSR count). The number of rotatable bonds is 3. The van der Waals surface area contributed by atoms with E-state index >= 15 is 0 Å². The lowest BCUT2D eigenvalue weighted by atomic mass is 10.4. The van der Waals surface area contributed by atoms with Crippen LogP contribution in [0.2, 0.25) is 0 Å². The Morgan fingerprint density at radius 3 is 2.58 bits per heavy atom. The van der Waals surface area contributed by atoms with E-state index in [-0.39, 0.29) is 0 Å². The summed E-state index contributed by atoms with van der Waals surface area (Å²) in [6.45, 7) is 0. The van der Waals surface area contributed by atoms with Crippen molar-refractivity contribution < 1.29 is 0 Å². The third-order valence-corrected chi connectivity index (χ3v) is 2.76. The van der Waals surface area contributed by atoms with Crippen LogP contribution in [-0.2, 0) is 0 Å². The average molecular weight is 176 g/mol. The molecule has 1 fully saturated rings. The minimum Gasteiger partial charge on any atom is -0.0984 e. The molecule has 62 valence electrons. The molecule has 0 bridgehead atoms. The summed E-state index contributed by atoms with van der Waals surface area (Å²) in [5.41, 5.74) is 0. The standard InChI is InChI=1S/C11H12S/c1-2-4-11(5-3-1)12-9-8-10-6-7-10/h1-5,8-10H,6-7H2/b9-8-. The number of hydrogen-bond donors (Lipinski definition) is 0. The van der Waals surface area contributed by atoms with Gasteiger partial charge in [0, 0.05) is 4.90 Å². The first kappa shape index (κ1) is 7.93. The van der Waals surface area contributed by atoms with Crippen LogP contribution in [0.25, 0.3) is 0 Å². The molecule has 0 N–H and O–H groups in total. The Labute approximate surface area is 77.7 Å². The van der Waals surface area contributed by atoms with Gasteiger partial charge in [0.15, 0.2) is 0 Å². The minimum absolute atomic E-state index is 0.890. The maximum absolute atomic E-state index is 2.32. The highest BCUT2D eigenvalue weighted by Gasteiger charge is 2.16. The van der Waals surface area contributed by atoms with Crippen LogP contribution in [0.1, 0.15) is 12.8 Å². The molecule has 0 spiro atoms. The fourth-order valence-corrected chi connectivity index (χ4v) is 1.79. The topological polar surface area (TPSA) is 0 Å². The van der Waals surface area contributed by atoms with E-state index in [2.05, 4.69) is 41.8 Å². The van der Waals surface area contributed by atoms with E-state index in [0.717, 1.165) is 5.92 Å². The summed E-state index contributed by atoms with van der Waals surface area (Å²) in [5.74, 6) is 0.890. The van der Waals surface area contributed by atoms with Crippen molar-refractivity contribution in [1.82, 2.24) is 0 Å². The zero-order valence-corrected chi connectivity index (χ0v) is 7.76. The summed E-state index contributed by atoms with van der Waals surface area (Å²) >= 11 is 1.81. The summed E-state index contributed by atoms with van der Waals surface area (Å²) in [6.07, 6.45) is 5.11. The van der Waals surface area contributed by atoms with E-state index in [1.54, 1.807) is 0 Å². The molecule has 1 saturated carbocycles. The molecule has 0 aliphatic heterocycles. The van der Waals surface area contributed by atoms with E-state index < -0.39 is 0 Å². The first-order chi connectivity index (χ1) is 5.95. The molecule has 0 radical (unpaired) electrons. The number of thioether (sulfide) groups is 1. The smallest absolute Gasteiger partial charge is 0.0116 e. The zero-order chi connectivity index (χ0) is 8.23. The van der Waals surface area contributed by atoms with Crippen molar-refractivity contribution >= 4 is 11.8 Å². The van der Waals surface area contributed by atoms with E-state index in [1.807, 2.05) is 11.8 Å². The van der Waals surface area contributed by atoms with Crippen molar-refractivity contribution in [2.75, 3.05) is 0 Å². The molecule has 0 nitrogen and oxygen atoms in total. The summed E-state index contributed by atoms with van der Waals surface area (Å²) in [5, 5.41) is 2.22. The molecule has 0 aromatic heterocycles. The first-order valence-corrected chi connectivity index (χ1v) is 5.21. The van der Waals surface area contributed by atoms with Gasteiger partial charge in [-0.3, -0.25) is 0 Å². The fourth-order valence-electron chi connectivity index (χ4n) is 1.02. The van der Waals surface area contributed by atoms with Gasteiger partial charge in [-0.2, -0.15) is 0 Å². The van der Waals surface area contributed by atoms with Gasteiger partial charge in [-0.25, -0.2) is 0 Å². The van der Waals surface area contributed by atoms with Crippen LogP contribution in [0.15, 0.2) is 46.7 Å². The van der Waals surface area contributed by atoms with Crippen LogP contribution < -0.4 is 0 Å². The maximum Gasteiger partial charge on any atom is 0.0116 e. The van der Waals surface area contributed by atoms with Gasteiger partial charge < -0.3 is 0 Å². The molecular weight excluding hydrogens is 164 g/mol. The third kappa shape index (κ3) is 2.42. The van der Waals surface area contributed by atoms with Crippen molar-refractivity contribution in [3.63, 3.8) is 0 Å². The van der Waals surface area contributed by atoms with Crippen molar-refractivity contribution in [2.24, 2.45) is 5.92 Å². The zero-order valence-electron chi connectivity index (χ0n) is 6.94. The second-order valence-electron chi connectivity index (χ2n) is 3.10. The summed E-state index contributed by atoms with van der Waals surface area (Å²) in [7, 11) is 0. The van der Waals surface area contributed by atoms with Gasteiger partial charge >= 0.3 is 0 Å². The van der Waals surface area contributed by atoms with Crippen molar-refractivity contribution in [3.05, 3.63) is 41.8 Å². The van der Waals surface area contributed by atoms with Gasteiger partial charge in [-0.1, -0.05) is 36.0 Å². The van der Waals surface area contributed by atoms with Gasteiger partial charge in [-0.05, 0) is 36.3 Å². The molecule has 0 amide bonds. The van der Waals surface area contributed by atoms with Gasteiger partial charge in [0.2, 0.25) is 0 Å². The maximum atomic E-state index is 2.32. The lowest BCUT2D eigenvalue weighted by Crippen LogP contribution is -1.65. The molecule has 1 aromatic rings. The van der Waals surface area contributed by atoms with Crippen molar-refractivity contribution in [2.45, 2.75) is 17.7 Å². The van der Waals surface area contributed by atoms with Crippen LogP contribution in [0, 0.1) is 5.92 Å². The Morgan fingerprint density at radius 1 is 1.17 bits per heavy atom. The third-order valence-electron chi connectivity index (χ3n) is 1.92. The fraction of sp³-hybridized carbons (Fsp3) is 0.273. The van der Waals surface area contributed by atoms with Crippen molar-refractivity contribution in [1.29, 1.82) is 0 Å². The molecule has 0 atom stereocenters. The Bertz CT molecular complexity index is 260. The van der Waals surface area contributed by atoms with Crippen LogP contribution in [0.4, 0.5) is 0 Å². The predicted molar refractivity (Wildman–Crippen MR) is 54.2 cm³/mol. The minimum atomic E-state index is 0.890. The molecule has 1 aliphatic rings. The quantitative estimate of drug-likeness (QED) is 0.633. The number of benzene rings is 1. The highest BCUT2D eigenvalue weighted by molar-refractivity contribution is 8.02. The second kappa shape index (κ2) is 3.81. The van der Waals surface area contributed by atoms with Crippen LogP contribution in [-0.4, -0.2) is 0 Å².